The van der Waals surface area contributed by atoms with Crippen molar-refractivity contribution in [1.29, 1.82) is 0 Å². The predicted octanol–water partition coefficient (Wildman–Crippen LogP) is 1.40. The zero-order valence-electron chi connectivity index (χ0n) is 7.28. The van der Waals surface area contributed by atoms with Crippen LogP contribution in [0.5, 0.6) is 0 Å². The minimum absolute atomic E-state index is 0.237. The molecule has 0 saturated heterocycles. The molecule has 0 unspecified atom stereocenters. The summed E-state index contributed by atoms with van der Waals surface area (Å²) in [7, 11) is 0. The molecule has 15 heavy (non-hydrogen) atoms. The molecule has 0 aromatic heterocycles. The van der Waals surface area contributed by atoms with E-state index in [4.69, 9.17) is 11.5 Å². The van der Waals surface area contributed by atoms with E-state index in [2.05, 4.69) is 20.9 Å². The molecular formula is C7H6BrFN4O2. The van der Waals surface area contributed by atoms with Crippen molar-refractivity contribution in [2.45, 2.75) is 0 Å². The molecule has 0 aliphatic heterocycles. The highest BCUT2D eigenvalue weighted by atomic mass is 79.9. The summed E-state index contributed by atoms with van der Waals surface area (Å²) in [6.07, 6.45) is 0. The SMILES string of the molecule is NC(N)=Nc1c(F)cc(Br)cc1[N+](=O)[O-]. The second-order valence-electron chi connectivity index (χ2n) is 2.55. The maximum atomic E-state index is 13.3. The minimum atomic E-state index is -0.871. The van der Waals surface area contributed by atoms with Crippen molar-refractivity contribution in [3.05, 3.63) is 32.5 Å². The number of benzene rings is 1. The number of rotatable bonds is 2. The summed E-state index contributed by atoms with van der Waals surface area (Å²) in [4.78, 5) is 13.2. The number of nitrogens with two attached hydrogens (primary N) is 2. The molecule has 0 fully saturated rings. The summed E-state index contributed by atoms with van der Waals surface area (Å²) in [5.41, 5.74) is 9.07. The van der Waals surface area contributed by atoms with Crippen molar-refractivity contribution in [3.63, 3.8) is 0 Å². The van der Waals surface area contributed by atoms with Crippen molar-refractivity contribution in [1.82, 2.24) is 0 Å². The predicted molar refractivity (Wildman–Crippen MR) is 56.2 cm³/mol. The molecule has 8 heteroatoms. The molecule has 0 spiro atoms. The Morgan fingerprint density at radius 2 is 2.13 bits per heavy atom. The Labute approximate surface area is 92.1 Å². The number of hydrogen-bond donors (Lipinski definition) is 2. The number of hydrogen-bond acceptors (Lipinski definition) is 3. The molecule has 6 nitrogen and oxygen atoms in total. The summed E-state index contributed by atoms with van der Waals surface area (Å²) < 4.78 is 13.5. The van der Waals surface area contributed by atoms with Crippen molar-refractivity contribution in [3.8, 4) is 0 Å². The Morgan fingerprint density at radius 3 is 2.60 bits per heavy atom. The van der Waals surface area contributed by atoms with Gasteiger partial charge in [-0.05, 0) is 6.07 Å². The van der Waals surface area contributed by atoms with Crippen molar-refractivity contribution >= 4 is 33.3 Å². The third-order valence-corrected chi connectivity index (χ3v) is 1.90. The van der Waals surface area contributed by atoms with Gasteiger partial charge in [0.25, 0.3) is 5.69 Å². The molecule has 0 bridgehead atoms. The van der Waals surface area contributed by atoms with Gasteiger partial charge in [0, 0.05) is 10.5 Å². The number of nitrogens with zero attached hydrogens (tertiary/aromatic N) is 2. The lowest BCUT2D eigenvalue weighted by molar-refractivity contribution is -0.384. The van der Waals surface area contributed by atoms with Crippen molar-refractivity contribution < 1.29 is 9.31 Å². The summed E-state index contributed by atoms with van der Waals surface area (Å²) in [6, 6.07) is 2.15. The first-order chi connectivity index (χ1) is 6.91. The van der Waals surface area contributed by atoms with Crippen LogP contribution in [0.1, 0.15) is 0 Å². The molecule has 0 atom stereocenters. The summed E-state index contributed by atoms with van der Waals surface area (Å²) in [5, 5.41) is 10.6. The maximum Gasteiger partial charge on any atom is 0.299 e. The van der Waals surface area contributed by atoms with Gasteiger partial charge in [-0.25, -0.2) is 9.38 Å². The highest BCUT2D eigenvalue weighted by Crippen LogP contribution is 2.33. The fraction of sp³-hybridized carbons (Fsp3) is 0. The monoisotopic (exact) mass is 276 g/mol. The van der Waals surface area contributed by atoms with E-state index in [0.717, 1.165) is 12.1 Å². The highest BCUT2D eigenvalue weighted by Gasteiger charge is 2.19. The molecule has 1 rings (SSSR count). The van der Waals surface area contributed by atoms with E-state index < -0.39 is 28.1 Å². The number of nitro benzene ring substituents is 1. The second kappa shape index (κ2) is 4.22. The minimum Gasteiger partial charge on any atom is -0.370 e. The van der Waals surface area contributed by atoms with Gasteiger partial charge in [0.1, 0.15) is 0 Å². The van der Waals surface area contributed by atoms with E-state index in [1.165, 1.54) is 0 Å². The Morgan fingerprint density at radius 1 is 1.53 bits per heavy atom. The molecule has 80 valence electrons. The van der Waals surface area contributed by atoms with Crippen LogP contribution in [0.25, 0.3) is 0 Å². The molecular weight excluding hydrogens is 271 g/mol. The first-order valence-electron chi connectivity index (χ1n) is 3.65. The summed E-state index contributed by atoms with van der Waals surface area (Å²) >= 11 is 2.93. The molecule has 1 aromatic carbocycles. The van der Waals surface area contributed by atoms with Crippen LogP contribution in [0.3, 0.4) is 0 Å². The van der Waals surface area contributed by atoms with Crippen LogP contribution in [0, 0.1) is 15.9 Å². The first kappa shape index (κ1) is 11.4. The average Bonchev–Trinajstić information content (AvgIpc) is 2.08. The van der Waals surface area contributed by atoms with E-state index in [1.54, 1.807) is 0 Å². The zero-order chi connectivity index (χ0) is 11.6. The van der Waals surface area contributed by atoms with Gasteiger partial charge in [-0.15, -0.1) is 0 Å². The van der Waals surface area contributed by atoms with Gasteiger partial charge in [0.05, 0.1) is 4.92 Å². The van der Waals surface area contributed by atoms with Crippen LogP contribution < -0.4 is 11.5 Å². The molecule has 0 aliphatic rings. The average molecular weight is 277 g/mol. The quantitative estimate of drug-likeness (QED) is 0.368. The first-order valence-corrected chi connectivity index (χ1v) is 4.44. The van der Waals surface area contributed by atoms with E-state index >= 15 is 0 Å². The van der Waals surface area contributed by atoms with Crippen LogP contribution in [0.2, 0.25) is 0 Å². The van der Waals surface area contributed by atoms with E-state index in [9.17, 15) is 14.5 Å². The Hall–Kier alpha value is -1.70. The standard InChI is InChI=1S/C7H6BrFN4O2/c8-3-1-4(9)6(12-7(10)11)5(2-3)13(14)15/h1-2H,(H4,10,11,12). The van der Waals surface area contributed by atoms with Gasteiger partial charge < -0.3 is 11.5 Å². The van der Waals surface area contributed by atoms with E-state index in [-0.39, 0.29) is 4.47 Å². The fourth-order valence-corrected chi connectivity index (χ4v) is 1.35. The third kappa shape index (κ3) is 2.62. The molecule has 1 aromatic rings. The van der Waals surface area contributed by atoms with Crippen LogP contribution >= 0.6 is 15.9 Å². The lowest BCUT2D eigenvalue weighted by Crippen LogP contribution is -2.22. The number of aliphatic imine (C=N–C) groups is 1. The molecule has 4 N–H and O–H groups in total. The maximum absolute atomic E-state index is 13.3. The van der Waals surface area contributed by atoms with Gasteiger partial charge >= 0.3 is 0 Å². The lowest BCUT2D eigenvalue weighted by Gasteiger charge is -2.00. The largest absolute Gasteiger partial charge is 0.370 e. The molecule has 0 amide bonds. The van der Waals surface area contributed by atoms with Gasteiger partial charge in [0.2, 0.25) is 0 Å². The molecule has 0 saturated carbocycles. The topological polar surface area (TPSA) is 108 Å². The van der Waals surface area contributed by atoms with Gasteiger partial charge in [-0.2, -0.15) is 0 Å². The third-order valence-electron chi connectivity index (χ3n) is 1.45. The fourth-order valence-electron chi connectivity index (χ4n) is 0.931. The summed E-state index contributed by atoms with van der Waals surface area (Å²) in [5.74, 6) is -1.32. The molecule has 0 heterocycles. The smallest absolute Gasteiger partial charge is 0.299 e. The molecule has 0 aliphatic carbocycles. The second-order valence-corrected chi connectivity index (χ2v) is 3.46. The van der Waals surface area contributed by atoms with Gasteiger partial charge in [-0.1, -0.05) is 15.9 Å². The number of nitro groups is 1. The Bertz CT molecular complexity index is 445. The van der Waals surface area contributed by atoms with Crippen molar-refractivity contribution in [2.24, 2.45) is 16.5 Å². The van der Waals surface area contributed by atoms with Gasteiger partial charge in [-0.3, -0.25) is 10.1 Å². The van der Waals surface area contributed by atoms with E-state index in [0.29, 0.717) is 0 Å². The molecule has 0 radical (unpaired) electrons. The highest BCUT2D eigenvalue weighted by molar-refractivity contribution is 9.10. The van der Waals surface area contributed by atoms with Crippen molar-refractivity contribution in [2.75, 3.05) is 0 Å². The normalized spacial score (nSPS) is 9.73. The van der Waals surface area contributed by atoms with Gasteiger partial charge in [0.15, 0.2) is 17.5 Å². The number of guanidine groups is 1. The zero-order valence-corrected chi connectivity index (χ0v) is 8.86. The van der Waals surface area contributed by atoms with Crippen LogP contribution in [-0.2, 0) is 0 Å². The van der Waals surface area contributed by atoms with Crippen LogP contribution in [0.15, 0.2) is 21.6 Å². The van der Waals surface area contributed by atoms with E-state index in [1.807, 2.05) is 0 Å². The van der Waals surface area contributed by atoms with Crippen LogP contribution in [-0.4, -0.2) is 10.9 Å². The lowest BCUT2D eigenvalue weighted by atomic mass is 10.2. The summed E-state index contributed by atoms with van der Waals surface area (Å²) in [6.45, 7) is 0. The van der Waals surface area contributed by atoms with Crippen LogP contribution in [0.4, 0.5) is 15.8 Å². The number of halogens is 2. The Balaban J connectivity index is 3.47. The Kier molecular flexibility index (Phi) is 3.20.